The highest BCUT2D eigenvalue weighted by Gasteiger charge is 2.28. The van der Waals surface area contributed by atoms with Crippen LogP contribution in [0.5, 0.6) is 0 Å². The van der Waals surface area contributed by atoms with Crippen LogP contribution in [0.4, 0.5) is 16.2 Å². The third kappa shape index (κ3) is 3.65. The third-order valence-corrected chi connectivity index (χ3v) is 3.69. The van der Waals surface area contributed by atoms with Gasteiger partial charge in [0.25, 0.3) is 0 Å². The molecule has 0 radical (unpaired) electrons. The molecule has 6 heteroatoms. The molecule has 2 amide bonds. The summed E-state index contributed by atoms with van der Waals surface area (Å²) in [6.07, 6.45) is 1.35. The normalized spacial score (nSPS) is 18.2. The van der Waals surface area contributed by atoms with E-state index in [2.05, 4.69) is 5.32 Å². The molecule has 0 unspecified atom stereocenters. The Labute approximate surface area is 124 Å². The lowest BCUT2D eigenvalue weighted by Gasteiger charge is -2.31. The summed E-state index contributed by atoms with van der Waals surface area (Å²) in [4.78, 5) is 26.9. The maximum Gasteiger partial charge on any atom is 0.321 e. The average molecular weight is 291 g/mol. The molecule has 114 valence electrons. The second-order valence-electron chi connectivity index (χ2n) is 5.47. The van der Waals surface area contributed by atoms with Crippen LogP contribution in [-0.4, -0.2) is 49.2 Å². The van der Waals surface area contributed by atoms with Crippen molar-refractivity contribution in [3.8, 4) is 0 Å². The zero-order chi connectivity index (χ0) is 15.4. The van der Waals surface area contributed by atoms with E-state index in [1.54, 1.807) is 4.90 Å². The molecule has 1 aromatic rings. The van der Waals surface area contributed by atoms with Crippen molar-refractivity contribution in [2.75, 3.05) is 37.4 Å². The molecule has 1 atom stereocenters. The van der Waals surface area contributed by atoms with Gasteiger partial charge in [0.05, 0.1) is 17.3 Å². The fraction of sp³-hybridized carbons (Fsp3) is 0.467. The first-order chi connectivity index (χ1) is 9.99. The number of piperidine rings is 1. The molecule has 21 heavy (non-hydrogen) atoms. The largest absolute Gasteiger partial charge is 0.481 e. The van der Waals surface area contributed by atoms with Gasteiger partial charge in [-0.1, -0.05) is 12.1 Å². The van der Waals surface area contributed by atoms with Gasteiger partial charge in [0.1, 0.15) is 0 Å². The minimum atomic E-state index is -0.832. The fourth-order valence-electron chi connectivity index (χ4n) is 2.53. The number of rotatable bonds is 3. The topological polar surface area (TPSA) is 72.9 Å². The molecule has 1 aliphatic rings. The average Bonchev–Trinajstić information content (AvgIpc) is 2.47. The molecule has 0 spiro atoms. The van der Waals surface area contributed by atoms with E-state index >= 15 is 0 Å². The SMILES string of the molecule is CN(C)c1ccccc1NC(=O)N1CCC[C@@H](C(=O)O)C1. The summed E-state index contributed by atoms with van der Waals surface area (Å²) in [6.45, 7) is 0.866. The van der Waals surface area contributed by atoms with Gasteiger partial charge < -0.3 is 20.2 Å². The number of anilines is 2. The summed E-state index contributed by atoms with van der Waals surface area (Å²) in [5.41, 5.74) is 1.64. The maximum absolute atomic E-state index is 12.3. The van der Waals surface area contributed by atoms with E-state index in [4.69, 9.17) is 5.11 Å². The lowest BCUT2D eigenvalue weighted by molar-refractivity contribution is -0.143. The van der Waals surface area contributed by atoms with Crippen molar-refractivity contribution < 1.29 is 14.7 Å². The number of benzene rings is 1. The highest BCUT2D eigenvalue weighted by molar-refractivity contribution is 5.93. The highest BCUT2D eigenvalue weighted by atomic mass is 16.4. The number of carboxylic acid groups (broad SMARTS) is 1. The third-order valence-electron chi connectivity index (χ3n) is 3.69. The van der Waals surface area contributed by atoms with Gasteiger partial charge >= 0.3 is 12.0 Å². The van der Waals surface area contributed by atoms with Crippen molar-refractivity contribution in [3.63, 3.8) is 0 Å². The minimum absolute atomic E-state index is 0.241. The Bertz CT molecular complexity index is 531. The number of carboxylic acids is 1. The van der Waals surface area contributed by atoms with Crippen LogP contribution < -0.4 is 10.2 Å². The van der Waals surface area contributed by atoms with Crippen LogP contribution in [0.1, 0.15) is 12.8 Å². The number of carbonyl (C=O) groups is 2. The van der Waals surface area contributed by atoms with Crippen LogP contribution >= 0.6 is 0 Å². The van der Waals surface area contributed by atoms with Crippen LogP contribution in [0.25, 0.3) is 0 Å². The number of urea groups is 1. The summed E-state index contributed by atoms with van der Waals surface area (Å²) in [6, 6.07) is 7.29. The molecule has 2 rings (SSSR count). The first-order valence-electron chi connectivity index (χ1n) is 7.04. The van der Waals surface area contributed by atoms with Gasteiger partial charge in [-0.3, -0.25) is 4.79 Å². The predicted molar refractivity (Wildman–Crippen MR) is 81.7 cm³/mol. The molecule has 0 saturated carbocycles. The van der Waals surface area contributed by atoms with Crippen LogP contribution in [0, 0.1) is 5.92 Å². The lowest BCUT2D eigenvalue weighted by atomic mass is 9.99. The summed E-state index contributed by atoms with van der Waals surface area (Å²) in [5, 5.41) is 12.0. The second kappa shape index (κ2) is 6.47. The smallest absolute Gasteiger partial charge is 0.321 e. The summed E-state index contributed by atoms with van der Waals surface area (Å²) < 4.78 is 0. The number of aliphatic carboxylic acids is 1. The first-order valence-corrected chi connectivity index (χ1v) is 7.04. The lowest BCUT2D eigenvalue weighted by Crippen LogP contribution is -2.44. The maximum atomic E-state index is 12.3. The number of carbonyl (C=O) groups excluding carboxylic acids is 1. The summed E-state index contributed by atoms with van der Waals surface area (Å²) >= 11 is 0. The predicted octanol–water partition coefficient (Wildman–Crippen LogP) is 2.08. The van der Waals surface area contributed by atoms with E-state index in [1.807, 2.05) is 43.3 Å². The van der Waals surface area contributed by atoms with Crippen LogP contribution in [0.15, 0.2) is 24.3 Å². The van der Waals surface area contributed by atoms with Crippen molar-refractivity contribution in [2.45, 2.75) is 12.8 Å². The molecule has 1 aliphatic heterocycles. The highest BCUT2D eigenvalue weighted by Crippen LogP contribution is 2.24. The standard InChI is InChI=1S/C15H21N3O3/c1-17(2)13-8-4-3-7-12(13)16-15(21)18-9-5-6-11(10-18)14(19)20/h3-4,7-8,11H,5-6,9-10H2,1-2H3,(H,16,21)(H,19,20)/t11-/m1/s1. The number of nitrogens with one attached hydrogen (secondary N) is 1. The van der Waals surface area contributed by atoms with E-state index in [0.717, 1.165) is 17.8 Å². The quantitative estimate of drug-likeness (QED) is 0.894. The van der Waals surface area contributed by atoms with E-state index in [1.165, 1.54) is 0 Å². The molecule has 0 aliphatic carbocycles. The molecule has 1 saturated heterocycles. The second-order valence-corrected chi connectivity index (χ2v) is 5.47. The van der Waals surface area contributed by atoms with Crippen molar-refractivity contribution in [3.05, 3.63) is 24.3 Å². The van der Waals surface area contributed by atoms with Gasteiger partial charge in [0.15, 0.2) is 0 Å². The van der Waals surface area contributed by atoms with Gasteiger partial charge in [-0.05, 0) is 25.0 Å². The zero-order valence-electron chi connectivity index (χ0n) is 12.4. The summed E-state index contributed by atoms with van der Waals surface area (Å²) in [7, 11) is 3.82. The van der Waals surface area contributed by atoms with Crippen molar-refractivity contribution in [1.82, 2.24) is 4.90 Å². The van der Waals surface area contributed by atoms with E-state index in [9.17, 15) is 9.59 Å². The molecule has 1 aromatic carbocycles. The van der Waals surface area contributed by atoms with Gasteiger partial charge in [-0.15, -0.1) is 0 Å². The number of hydrogen-bond acceptors (Lipinski definition) is 3. The number of nitrogens with zero attached hydrogens (tertiary/aromatic N) is 2. The van der Waals surface area contributed by atoms with Gasteiger partial charge in [-0.2, -0.15) is 0 Å². The molecule has 0 bridgehead atoms. The molecule has 2 N–H and O–H groups in total. The van der Waals surface area contributed by atoms with Crippen LogP contribution in [-0.2, 0) is 4.79 Å². The Morgan fingerprint density at radius 3 is 2.71 bits per heavy atom. The molecular weight excluding hydrogens is 270 g/mol. The van der Waals surface area contributed by atoms with Crippen LogP contribution in [0.2, 0.25) is 0 Å². The van der Waals surface area contributed by atoms with Gasteiger partial charge in [0.2, 0.25) is 0 Å². The number of para-hydroxylation sites is 2. The van der Waals surface area contributed by atoms with Crippen molar-refractivity contribution in [1.29, 1.82) is 0 Å². The van der Waals surface area contributed by atoms with Crippen molar-refractivity contribution >= 4 is 23.4 Å². The van der Waals surface area contributed by atoms with Crippen LogP contribution in [0.3, 0.4) is 0 Å². The summed E-state index contributed by atoms with van der Waals surface area (Å²) in [5.74, 6) is -1.30. The van der Waals surface area contributed by atoms with E-state index in [0.29, 0.717) is 13.0 Å². The molecular formula is C15H21N3O3. The van der Waals surface area contributed by atoms with Gasteiger partial charge in [0, 0.05) is 27.2 Å². The molecule has 1 fully saturated rings. The minimum Gasteiger partial charge on any atom is -0.481 e. The molecule has 0 aromatic heterocycles. The Kier molecular flexibility index (Phi) is 4.67. The van der Waals surface area contributed by atoms with Crippen molar-refractivity contribution in [2.24, 2.45) is 5.92 Å². The van der Waals surface area contributed by atoms with E-state index in [-0.39, 0.29) is 12.6 Å². The van der Waals surface area contributed by atoms with E-state index < -0.39 is 11.9 Å². The Balaban J connectivity index is 2.06. The zero-order valence-corrected chi connectivity index (χ0v) is 12.4. The van der Waals surface area contributed by atoms with Gasteiger partial charge in [-0.25, -0.2) is 4.79 Å². The Morgan fingerprint density at radius 1 is 1.33 bits per heavy atom. The Hall–Kier alpha value is -2.24. The Morgan fingerprint density at radius 2 is 2.05 bits per heavy atom. The first kappa shape index (κ1) is 15.2. The molecule has 1 heterocycles. The number of amides is 2. The number of hydrogen-bond donors (Lipinski definition) is 2. The molecule has 6 nitrogen and oxygen atoms in total. The fourth-order valence-corrected chi connectivity index (χ4v) is 2.53. The monoisotopic (exact) mass is 291 g/mol. The number of likely N-dealkylation sites (tertiary alicyclic amines) is 1.